The van der Waals surface area contributed by atoms with Crippen molar-refractivity contribution >= 4 is 72.3 Å². The summed E-state index contributed by atoms with van der Waals surface area (Å²) in [5, 5.41) is -0.152. The molecule has 0 amide bonds. The van der Waals surface area contributed by atoms with Crippen LogP contribution in [0.4, 0.5) is 14.6 Å². The molecule has 2 atom stereocenters. The Morgan fingerprint density at radius 2 is 1.85 bits per heavy atom. The van der Waals surface area contributed by atoms with Crippen molar-refractivity contribution in [3.05, 3.63) is 27.7 Å². The first-order valence-corrected chi connectivity index (χ1v) is 11.6. The van der Waals surface area contributed by atoms with Crippen LogP contribution in [-0.2, 0) is 9.84 Å². The standard InChI is InChI=1S/C15H14F2I2N4O3S/c1-6-3-21-8(4-22(6)18)5-27(25,26)13-9-12(10(16)7(2)11(13)17)23(19)15(24)20-14(9)21/h6,8H,3-5H2,1-2H3. The molecular formula is C15H14F2I2N4O3S. The van der Waals surface area contributed by atoms with Gasteiger partial charge in [-0.05, 0) is 13.8 Å². The second-order valence-corrected chi connectivity index (χ2v) is 11.0. The monoisotopic (exact) mass is 622 g/mol. The van der Waals surface area contributed by atoms with E-state index in [2.05, 4.69) is 27.8 Å². The largest absolute Gasteiger partial charge is 0.359 e. The minimum atomic E-state index is -4.07. The van der Waals surface area contributed by atoms with Gasteiger partial charge in [-0.15, -0.1) is 0 Å². The fraction of sp³-hybridized carbons (Fsp3) is 0.467. The van der Waals surface area contributed by atoms with Crippen molar-refractivity contribution in [1.29, 1.82) is 0 Å². The quantitative estimate of drug-likeness (QED) is 0.255. The highest BCUT2D eigenvalue weighted by Gasteiger charge is 2.42. The molecule has 27 heavy (non-hydrogen) atoms. The van der Waals surface area contributed by atoms with E-state index in [1.165, 1.54) is 6.92 Å². The van der Waals surface area contributed by atoms with Crippen LogP contribution in [0.5, 0.6) is 0 Å². The van der Waals surface area contributed by atoms with E-state index < -0.39 is 43.7 Å². The fourth-order valence-corrected chi connectivity index (χ4v) is 6.77. The van der Waals surface area contributed by atoms with Crippen LogP contribution in [0.15, 0.2) is 9.69 Å². The van der Waals surface area contributed by atoms with E-state index in [-0.39, 0.29) is 28.5 Å². The average Bonchev–Trinajstić information content (AvgIpc) is 2.66. The molecule has 0 N–H and O–H groups in total. The van der Waals surface area contributed by atoms with Crippen LogP contribution in [0.25, 0.3) is 10.9 Å². The lowest BCUT2D eigenvalue weighted by Crippen LogP contribution is -2.56. The summed E-state index contributed by atoms with van der Waals surface area (Å²) >= 11 is 3.69. The second-order valence-electron chi connectivity index (χ2n) is 6.82. The summed E-state index contributed by atoms with van der Waals surface area (Å²) in [7, 11) is -4.07. The molecule has 0 saturated carbocycles. The molecule has 146 valence electrons. The molecule has 2 unspecified atom stereocenters. The molecule has 0 radical (unpaired) electrons. The number of hydrogen-bond donors (Lipinski definition) is 0. The summed E-state index contributed by atoms with van der Waals surface area (Å²) in [6, 6.07) is -0.469. The third-order valence-electron chi connectivity index (χ3n) is 5.08. The van der Waals surface area contributed by atoms with Gasteiger partial charge >= 0.3 is 5.69 Å². The highest BCUT2D eigenvalue weighted by atomic mass is 127. The molecule has 1 aromatic carbocycles. The number of sulfone groups is 1. The number of anilines is 1. The minimum absolute atomic E-state index is 0.0399. The van der Waals surface area contributed by atoms with Crippen molar-refractivity contribution in [2.75, 3.05) is 23.7 Å². The van der Waals surface area contributed by atoms with Crippen LogP contribution in [0.3, 0.4) is 0 Å². The van der Waals surface area contributed by atoms with Crippen molar-refractivity contribution in [2.45, 2.75) is 30.8 Å². The highest BCUT2D eigenvalue weighted by molar-refractivity contribution is 14.1. The Morgan fingerprint density at radius 3 is 2.52 bits per heavy atom. The number of benzene rings is 1. The van der Waals surface area contributed by atoms with Gasteiger partial charge in [0, 0.05) is 47.6 Å². The average molecular weight is 622 g/mol. The summed E-state index contributed by atoms with van der Waals surface area (Å²) < 4.78 is 58.9. The topological polar surface area (TPSA) is 75.5 Å². The van der Waals surface area contributed by atoms with Crippen molar-refractivity contribution < 1.29 is 17.2 Å². The van der Waals surface area contributed by atoms with E-state index >= 15 is 0 Å². The van der Waals surface area contributed by atoms with Crippen molar-refractivity contribution in [3.63, 3.8) is 0 Å². The van der Waals surface area contributed by atoms with Crippen LogP contribution in [0.1, 0.15) is 12.5 Å². The lowest BCUT2D eigenvalue weighted by Gasteiger charge is -2.42. The molecule has 1 fully saturated rings. The Balaban J connectivity index is 2.22. The molecule has 2 aromatic rings. The number of aromatic nitrogens is 2. The Bertz CT molecular complexity index is 1150. The van der Waals surface area contributed by atoms with E-state index in [9.17, 15) is 22.0 Å². The number of fused-ring (bicyclic) bond motifs is 2. The van der Waals surface area contributed by atoms with E-state index in [0.29, 0.717) is 13.1 Å². The number of hydrogen-bond acceptors (Lipinski definition) is 6. The van der Waals surface area contributed by atoms with Crippen LogP contribution >= 0.6 is 45.7 Å². The van der Waals surface area contributed by atoms with Crippen molar-refractivity contribution in [1.82, 2.24) is 10.9 Å². The van der Waals surface area contributed by atoms with Crippen molar-refractivity contribution in [2.24, 2.45) is 0 Å². The Kier molecular flexibility index (Phi) is 4.71. The lowest BCUT2D eigenvalue weighted by molar-refractivity contribution is 0.321. The number of rotatable bonds is 0. The number of nitrogens with zero attached hydrogens (tertiary/aromatic N) is 4. The predicted octanol–water partition coefficient (Wildman–Crippen LogP) is 2.20. The third kappa shape index (κ3) is 2.80. The molecule has 3 heterocycles. The summed E-state index contributed by atoms with van der Waals surface area (Å²) in [6.07, 6.45) is 0. The maximum absolute atomic E-state index is 15.0. The summed E-state index contributed by atoms with van der Waals surface area (Å²) in [4.78, 5) is 17.6. The first-order chi connectivity index (χ1) is 12.5. The number of piperazine rings is 1. The van der Waals surface area contributed by atoms with Crippen LogP contribution in [0.2, 0.25) is 0 Å². The summed E-state index contributed by atoms with van der Waals surface area (Å²) in [6.45, 7) is 3.92. The highest BCUT2D eigenvalue weighted by Crippen LogP contribution is 2.41. The van der Waals surface area contributed by atoms with Gasteiger partial charge < -0.3 is 4.90 Å². The maximum Gasteiger partial charge on any atom is 0.359 e. The van der Waals surface area contributed by atoms with Crippen LogP contribution in [0, 0.1) is 18.6 Å². The van der Waals surface area contributed by atoms with Gasteiger partial charge in [0.15, 0.2) is 15.7 Å². The van der Waals surface area contributed by atoms with E-state index in [4.69, 9.17) is 0 Å². The fourth-order valence-electron chi connectivity index (χ4n) is 3.69. The van der Waals surface area contributed by atoms with Gasteiger partial charge in [-0.25, -0.2) is 27.9 Å². The Morgan fingerprint density at radius 1 is 1.19 bits per heavy atom. The first-order valence-electron chi connectivity index (χ1n) is 8.07. The van der Waals surface area contributed by atoms with Gasteiger partial charge in [-0.1, -0.05) is 0 Å². The van der Waals surface area contributed by atoms with Gasteiger partial charge in [0.2, 0.25) is 0 Å². The van der Waals surface area contributed by atoms with Gasteiger partial charge in [0.1, 0.15) is 22.0 Å². The molecular weight excluding hydrogens is 608 g/mol. The van der Waals surface area contributed by atoms with E-state index in [0.717, 1.165) is 2.78 Å². The number of halogens is 4. The van der Waals surface area contributed by atoms with Crippen LogP contribution < -0.4 is 10.6 Å². The van der Waals surface area contributed by atoms with Gasteiger partial charge in [-0.2, -0.15) is 4.98 Å². The lowest BCUT2D eigenvalue weighted by atomic mass is 10.1. The van der Waals surface area contributed by atoms with E-state index in [1.54, 1.807) is 27.8 Å². The zero-order valence-electron chi connectivity index (χ0n) is 14.2. The minimum Gasteiger partial charge on any atom is -0.349 e. The molecule has 0 spiro atoms. The van der Waals surface area contributed by atoms with Gasteiger partial charge in [-0.3, -0.25) is 0 Å². The Hall–Kier alpha value is -0.610. The molecule has 1 aromatic heterocycles. The second kappa shape index (κ2) is 6.45. The smallest absolute Gasteiger partial charge is 0.349 e. The summed E-state index contributed by atoms with van der Waals surface area (Å²) in [5.41, 5.74) is -1.39. The first kappa shape index (κ1) is 19.7. The normalized spacial score (nSPS) is 24.7. The van der Waals surface area contributed by atoms with Crippen LogP contribution in [-0.4, -0.2) is 50.2 Å². The molecule has 2 aliphatic rings. The zero-order chi connectivity index (χ0) is 19.8. The molecule has 2 aliphatic heterocycles. The Labute approximate surface area is 181 Å². The molecule has 1 saturated heterocycles. The zero-order valence-corrected chi connectivity index (χ0v) is 19.3. The molecule has 0 bridgehead atoms. The molecule has 4 rings (SSSR count). The van der Waals surface area contributed by atoms with E-state index in [1.807, 2.05) is 10.0 Å². The third-order valence-corrected chi connectivity index (χ3v) is 9.15. The molecule has 0 aliphatic carbocycles. The summed E-state index contributed by atoms with van der Waals surface area (Å²) in [5.74, 6) is -2.35. The maximum atomic E-state index is 15.0. The van der Waals surface area contributed by atoms with Gasteiger partial charge in [0.05, 0.1) is 40.0 Å². The molecule has 7 nitrogen and oxygen atoms in total. The van der Waals surface area contributed by atoms with Crippen molar-refractivity contribution in [3.8, 4) is 0 Å². The van der Waals surface area contributed by atoms with Gasteiger partial charge in [0.25, 0.3) is 0 Å². The molecule has 12 heteroatoms. The SMILES string of the molecule is Cc1c(F)c2c3c(nc(=O)n(I)c3c1F)N1CC(C)N(I)CC1CS2(=O)=O. The predicted molar refractivity (Wildman–Crippen MR) is 113 cm³/mol.